The number of pyridine rings is 1. The van der Waals surface area contributed by atoms with Crippen molar-refractivity contribution >= 4 is 49.8 Å². The minimum atomic E-state index is -2.51. The summed E-state index contributed by atoms with van der Waals surface area (Å²) in [6.07, 6.45) is 1.91. The number of imidazole rings is 1. The highest BCUT2D eigenvalue weighted by Crippen LogP contribution is 2.45. The Labute approximate surface area is 179 Å². The molecule has 0 saturated carbocycles. The molecule has 0 bridgehead atoms. The lowest BCUT2D eigenvalue weighted by Crippen LogP contribution is -2.54. The number of fused-ring (bicyclic) bond motifs is 1. The van der Waals surface area contributed by atoms with Crippen LogP contribution in [-0.2, 0) is 15.1 Å². The standard InChI is InChI=1S/C20H23ClN4O2S2/c1-19(2)18(22)24-20(3,11-29(19,5)26)17-12(21)9-14(28-17)13-10-25-15(23-13)7-6-8-16(25)27-4/h6-10H,5,11H2,1-4H3,(H2,22,24)/t20-,29?/m0/s1. The van der Waals surface area contributed by atoms with E-state index in [9.17, 15) is 4.21 Å². The molecule has 0 radical (unpaired) electrons. The van der Waals surface area contributed by atoms with Crippen molar-refractivity contribution < 1.29 is 8.95 Å². The fourth-order valence-electron chi connectivity index (χ4n) is 3.51. The Kier molecular flexibility index (Phi) is 4.53. The van der Waals surface area contributed by atoms with E-state index in [1.165, 1.54) is 11.3 Å². The lowest BCUT2D eigenvalue weighted by Gasteiger charge is -2.40. The number of ether oxygens (including phenoxy) is 1. The third-order valence-electron chi connectivity index (χ3n) is 5.52. The van der Waals surface area contributed by atoms with Gasteiger partial charge in [-0.2, -0.15) is 0 Å². The van der Waals surface area contributed by atoms with Crippen LogP contribution in [0.3, 0.4) is 0 Å². The highest BCUT2D eigenvalue weighted by atomic mass is 35.5. The molecule has 0 spiro atoms. The summed E-state index contributed by atoms with van der Waals surface area (Å²) in [6.45, 7) is 5.56. The van der Waals surface area contributed by atoms with Crippen LogP contribution in [-0.4, -0.2) is 42.9 Å². The van der Waals surface area contributed by atoms with Gasteiger partial charge < -0.3 is 10.5 Å². The maximum absolute atomic E-state index is 13.3. The van der Waals surface area contributed by atoms with E-state index in [4.69, 9.17) is 27.1 Å². The molecule has 9 heteroatoms. The molecule has 2 atom stereocenters. The van der Waals surface area contributed by atoms with E-state index in [1.54, 1.807) is 7.11 Å². The quantitative estimate of drug-likeness (QED) is 0.615. The highest BCUT2D eigenvalue weighted by molar-refractivity contribution is 8.02. The van der Waals surface area contributed by atoms with Crippen molar-refractivity contribution in [2.24, 2.45) is 10.7 Å². The molecule has 6 nitrogen and oxygen atoms in total. The Hall–Kier alpha value is -2.03. The molecule has 29 heavy (non-hydrogen) atoms. The molecule has 0 saturated heterocycles. The molecule has 4 heterocycles. The van der Waals surface area contributed by atoms with Crippen LogP contribution in [0.2, 0.25) is 5.02 Å². The predicted molar refractivity (Wildman–Crippen MR) is 123 cm³/mol. The average Bonchev–Trinajstić information content (AvgIpc) is 3.23. The second-order valence-electron chi connectivity index (χ2n) is 7.95. The molecule has 0 aromatic carbocycles. The number of aromatic nitrogens is 2. The van der Waals surface area contributed by atoms with E-state index in [2.05, 4.69) is 10.9 Å². The summed E-state index contributed by atoms with van der Waals surface area (Å²) in [7, 11) is -0.888. The topological polar surface area (TPSA) is 82.0 Å². The van der Waals surface area contributed by atoms with Crippen LogP contribution in [0.15, 0.2) is 35.5 Å². The van der Waals surface area contributed by atoms with Gasteiger partial charge in [0.15, 0.2) is 5.88 Å². The van der Waals surface area contributed by atoms with Gasteiger partial charge in [0, 0.05) is 11.9 Å². The van der Waals surface area contributed by atoms with E-state index in [-0.39, 0.29) is 5.75 Å². The second-order valence-corrected chi connectivity index (χ2v) is 12.3. The van der Waals surface area contributed by atoms with Crippen LogP contribution >= 0.6 is 22.9 Å². The predicted octanol–water partition coefficient (Wildman–Crippen LogP) is 3.81. The van der Waals surface area contributed by atoms with Crippen LogP contribution < -0.4 is 10.5 Å². The first-order chi connectivity index (χ1) is 13.5. The number of nitrogens with zero attached hydrogens (tertiary/aromatic N) is 3. The van der Waals surface area contributed by atoms with Crippen molar-refractivity contribution in [1.29, 1.82) is 0 Å². The lowest BCUT2D eigenvalue weighted by atomic mass is 10.0. The number of rotatable bonds is 3. The number of halogens is 1. The van der Waals surface area contributed by atoms with Gasteiger partial charge in [-0.05, 0) is 54.4 Å². The fraction of sp³-hybridized carbons (Fsp3) is 0.350. The smallest absolute Gasteiger partial charge is 0.198 e. The highest BCUT2D eigenvalue weighted by Gasteiger charge is 2.46. The Bertz CT molecular complexity index is 1260. The molecular formula is C20H23ClN4O2S2. The maximum atomic E-state index is 13.3. The van der Waals surface area contributed by atoms with Crippen molar-refractivity contribution in [2.45, 2.75) is 31.1 Å². The first-order valence-corrected chi connectivity index (χ1v) is 12.1. The molecule has 1 aliphatic heterocycles. The van der Waals surface area contributed by atoms with Gasteiger partial charge in [-0.15, -0.1) is 11.3 Å². The Balaban J connectivity index is 1.83. The first kappa shape index (κ1) is 20.3. The normalized spacial score (nSPS) is 26.4. The Morgan fingerprint density at radius 2 is 2.10 bits per heavy atom. The van der Waals surface area contributed by atoms with E-state index in [0.29, 0.717) is 16.7 Å². The summed E-state index contributed by atoms with van der Waals surface area (Å²) in [5, 5.41) is 0.558. The fourth-order valence-corrected chi connectivity index (χ4v) is 7.09. The SMILES string of the molecule is C=S1(=O)C[C@@](C)(c2sc(-c3cn4c(OC)cccc4n3)cc2Cl)N=C(N)C1(C)C. The molecular weight excluding hydrogens is 428 g/mol. The number of amidine groups is 1. The van der Waals surface area contributed by atoms with Crippen molar-refractivity contribution in [2.75, 3.05) is 12.9 Å². The first-order valence-electron chi connectivity index (χ1n) is 9.01. The number of hydrogen-bond donors (Lipinski definition) is 1. The van der Waals surface area contributed by atoms with Crippen LogP contribution in [0, 0.1) is 0 Å². The number of aliphatic imine (C=N–C) groups is 1. The van der Waals surface area contributed by atoms with E-state index >= 15 is 0 Å². The number of thiophene rings is 1. The molecule has 1 unspecified atom stereocenters. The molecule has 3 aromatic rings. The van der Waals surface area contributed by atoms with E-state index < -0.39 is 19.8 Å². The van der Waals surface area contributed by atoms with Gasteiger partial charge in [-0.25, -0.2) is 4.98 Å². The zero-order chi connectivity index (χ0) is 21.2. The van der Waals surface area contributed by atoms with Crippen molar-refractivity contribution in [3.63, 3.8) is 0 Å². The largest absolute Gasteiger partial charge is 0.482 e. The van der Waals surface area contributed by atoms with Gasteiger partial charge in [0.1, 0.15) is 17.0 Å². The van der Waals surface area contributed by atoms with Gasteiger partial charge in [-0.1, -0.05) is 17.7 Å². The van der Waals surface area contributed by atoms with Gasteiger partial charge in [0.25, 0.3) is 0 Å². The molecule has 154 valence electrons. The van der Waals surface area contributed by atoms with Gasteiger partial charge >= 0.3 is 0 Å². The van der Waals surface area contributed by atoms with E-state index in [1.807, 2.05) is 55.6 Å². The van der Waals surface area contributed by atoms with Crippen LogP contribution in [0.4, 0.5) is 0 Å². The minimum Gasteiger partial charge on any atom is -0.482 e. The second kappa shape index (κ2) is 6.48. The third-order valence-corrected chi connectivity index (χ3v) is 10.4. The Morgan fingerprint density at radius 1 is 1.38 bits per heavy atom. The summed E-state index contributed by atoms with van der Waals surface area (Å²) in [5.74, 6) is 5.32. The molecule has 3 aromatic heterocycles. The Morgan fingerprint density at radius 3 is 2.76 bits per heavy atom. The number of nitrogens with two attached hydrogens (primary N) is 1. The minimum absolute atomic E-state index is 0.284. The van der Waals surface area contributed by atoms with Crippen molar-refractivity contribution in [3.8, 4) is 16.5 Å². The molecule has 0 amide bonds. The van der Waals surface area contributed by atoms with Crippen molar-refractivity contribution in [3.05, 3.63) is 40.4 Å². The van der Waals surface area contributed by atoms with Crippen molar-refractivity contribution in [1.82, 2.24) is 9.38 Å². The average molecular weight is 451 g/mol. The summed E-state index contributed by atoms with van der Waals surface area (Å²) in [5.41, 5.74) is 6.97. The summed E-state index contributed by atoms with van der Waals surface area (Å²) >= 11 is 8.10. The molecule has 0 aliphatic carbocycles. The van der Waals surface area contributed by atoms with Crippen LogP contribution in [0.25, 0.3) is 16.2 Å². The zero-order valence-corrected chi connectivity index (χ0v) is 19.1. The monoisotopic (exact) mass is 450 g/mol. The molecule has 1 aliphatic rings. The number of hydrogen-bond acceptors (Lipinski definition) is 6. The van der Waals surface area contributed by atoms with Crippen LogP contribution in [0.5, 0.6) is 5.88 Å². The molecule has 2 N–H and O–H groups in total. The maximum Gasteiger partial charge on any atom is 0.198 e. The van der Waals surface area contributed by atoms with Gasteiger partial charge in [0.2, 0.25) is 0 Å². The van der Waals surface area contributed by atoms with Gasteiger partial charge in [0.05, 0.1) is 32.3 Å². The summed E-state index contributed by atoms with van der Waals surface area (Å²) in [6, 6.07) is 7.55. The van der Waals surface area contributed by atoms with E-state index in [0.717, 1.165) is 21.1 Å². The zero-order valence-electron chi connectivity index (χ0n) is 16.7. The summed E-state index contributed by atoms with van der Waals surface area (Å²) in [4.78, 5) is 11.1. The lowest BCUT2D eigenvalue weighted by molar-refractivity contribution is 0.392. The summed E-state index contributed by atoms with van der Waals surface area (Å²) < 4.78 is 19.8. The molecule has 0 fully saturated rings. The van der Waals surface area contributed by atoms with Gasteiger partial charge in [-0.3, -0.25) is 13.6 Å². The van der Waals surface area contributed by atoms with Crippen LogP contribution in [0.1, 0.15) is 25.6 Å². The third kappa shape index (κ3) is 3.05. The number of methoxy groups -OCH3 is 1. The molecule has 4 rings (SSSR count).